The molecule has 0 saturated carbocycles. The smallest absolute Gasteiger partial charge is 0.124 e. The van der Waals surface area contributed by atoms with Crippen LogP contribution in [0, 0.1) is 13.8 Å². The van der Waals surface area contributed by atoms with Gasteiger partial charge in [-0.3, -0.25) is 4.99 Å². The predicted octanol–water partition coefficient (Wildman–Crippen LogP) is 3.38. The van der Waals surface area contributed by atoms with Crippen LogP contribution in [0.1, 0.15) is 16.7 Å². The summed E-state index contributed by atoms with van der Waals surface area (Å²) in [4.78, 5) is 4.39. The maximum Gasteiger partial charge on any atom is 0.124 e. The van der Waals surface area contributed by atoms with Crippen molar-refractivity contribution < 1.29 is 5.11 Å². The molecule has 1 radical (unpaired) electrons. The Bertz CT molecular complexity index is 564. The third kappa shape index (κ3) is 3.50. The van der Waals surface area contributed by atoms with E-state index in [1.165, 1.54) is 5.56 Å². The monoisotopic (exact) mass is 232 g/mol. The maximum atomic E-state index is 9.61. The van der Waals surface area contributed by atoms with Crippen molar-refractivity contribution in [3.05, 3.63) is 59.2 Å². The molecule has 0 aliphatic rings. The molecule has 0 aliphatic heterocycles. The van der Waals surface area contributed by atoms with Crippen LogP contribution in [-0.2, 0) is 0 Å². The van der Waals surface area contributed by atoms with Gasteiger partial charge in [-0.25, -0.2) is 0 Å². The third-order valence-electron chi connectivity index (χ3n) is 2.63. The fourth-order valence-corrected chi connectivity index (χ4v) is 1.69. The van der Waals surface area contributed by atoms with Gasteiger partial charge in [0.2, 0.25) is 0 Å². The maximum absolute atomic E-state index is 9.61. The van der Waals surface area contributed by atoms with Gasteiger partial charge in [0, 0.05) is 30.6 Å². The number of aryl methyl sites for hydroxylation is 2. The molecule has 0 aliphatic carbocycles. The quantitative estimate of drug-likeness (QED) is 0.624. The van der Waals surface area contributed by atoms with Crippen molar-refractivity contribution >= 4 is 30.8 Å². The second kappa shape index (κ2) is 6.44. The van der Waals surface area contributed by atoms with E-state index in [0.29, 0.717) is 0 Å². The van der Waals surface area contributed by atoms with E-state index in [-0.39, 0.29) is 24.6 Å². The second-order valence-electron chi connectivity index (χ2n) is 4.11. The molecule has 87 valence electrons. The number of nitrogens with zero attached hydrogens (tertiary/aromatic N) is 1. The fraction of sp³-hybridized carbons (Fsp3) is 0.133. The number of benzene rings is 2. The average molecular weight is 232 g/mol. The summed E-state index contributed by atoms with van der Waals surface area (Å²) in [6, 6.07) is 13.3. The molecule has 0 saturated heterocycles. The van der Waals surface area contributed by atoms with Gasteiger partial charge in [0.15, 0.2) is 0 Å². The van der Waals surface area contributed by atoms with Gasteiger partial charge < -0.3 is 5.11 Å². The van der Waals surface area contributed by atoms with Crippen LogP contribution in [0.25, 0.3) is 0 Å². The molecular weight excluding hydrogens is 217 g/mol. The molecule has 0 unspecified atom stereocenters. The average Bonchev–Trinajstić information content (AvgIpc) is 2.30. The second-order valence-corrected chi connectivity index (χ2v) is 4.11. The molecule has 2 aromatic carbocycles. The number of rotatable bonds is 2. The van der Waals surface area contributed by atoms with Crippen LogP contribution >= 0.6 is 0 Å². The van der Waals surface area contributed by atoms with Gasteiger partial charge in [-0.05, 0) is 37.6 Å². The Morgan fingerprint density at radius 1 is 1.06 bits per heavy atom. The van der Waals surface area contributed by atoms with Crippen molar-refractivity contribution in [2.45, 2.75) is 13.8 Å². The summed E-state index contributed by atoms with van der Waals surface area (Å²) in [7, 11) is 0. The molecule has 2 aromatic rings. The number of aliphatic imine (C=N–C) groups is 1. The van der Waals surface area contributed by atoms with Gasteiger partial charge in [-0.2, -0.15) is 0 Å². The summed E-state index contributed by atoms with van der Waals surface area (Å²) in [5, 5.41) is 9.61. The SMILES string of the molecule is Cc1ccc(N=Cc2ccccc2O)c(C)c1.[Li]. The van der Waals surface area contributed by atoms with Crippen LogP contribution in [0.2, 0.25) is 0 Å². The van der Waals surface area contributed by atoms with Crippen molar-refractivity contribution in [2.24, 2.45) is 4.99 Å². The Morgan fingerprint density at radius 2 is 1.78 bits per heavy atom. The van der Waals surface area contributed by atoms with Crippen LogP contribution in [-0.4, -0.2) is 30.2 Å². The van der Waals surface area contributed by atoms with E-state index in [1.807, 2.05) is 31.2 Å². The first-order valence-electron chi connectivity index (χ1n) is 5.56. The van der Waals surface area contributed by atoms with E-state index in [4.69, 9.17) is 0 Å². The Balaban J connectivity index is 0.00000162. The van der Waals surface area contributed by atoms with Crippen LogP contribution in [0.3, 0.4) is 0 Å². The Kier molecular flexibility index (Phi) is 5.21. The summed E-state index contributed by atoms with van der Waals surface area (Å²) in [6.07, 6.45) is 1.69. The molecule has 0 spiro atoms. The molecule has 0 amide bonds. The molecule has 0 aromatic heterocycles. The topological polar surface area (TPSA) is 32.6 Å². The minimum absolute atomic E-state index is 0. The standard InChI is InChI=1S/C15H15NO.Li/c1-11-7-8-14(12(2)9-11)16-10-13-5-3-4-6-15(13)17;/h3-10,17H,1-2H3;. The van der Waals surface area contributed by atoms with Crippen LogP contribution in [0.4, 0.5) is 5.69 Å². The summed E-state index contributed by atoms with van der Waals surface area (Å²) < 4.78 is 0. The third-order valence-corrected chi connectivity index (χ3v) is 2.63. The molecule has 3 heteroatoms. The molecular formula is C15H15LiNO. The summed E-state index contributed by atoms with van der Waals surface area (Å²) in [5.74, 6) is 0.251. The molecule has 1 N–H and O–H groups in total. The van der Waals surface area contributed by atoms with Crippen molar-refractivity contribution in [3.8, 4) is 5.75 Å². The zero-order valence-corrected chi connectivity index (χ0v) is 11.0. The summed E-state index contributed by atoms with van der Waals surface area (Å²) in [6.45, 7) is 4.09. The Hall–Kier alpha value is -1.49. The Labute approximate surface area is 120 Å². The molecule has 0 bridgehead atoms. The van der Waals surface area contributed by atoms with Gasteiger partial charge in [-0.1, -0.05) is 29.8 Å². The number of para-hydroxylation sites is 1. The first-order chi connectivity index (χ1) is 8.16. The van der Waals surface area contributed by atoms with Gasteiger partial charge in [-0.15, -0.1) is 0 Å². The zero-order chi connectivity index (χ0) is 12.3. The van der Waals surface area contributed by atoms with Gasteiger partial charge in [0.25, 0.3) is 0 Å². The van der Waals surface area contributed by atoms with Gasteiger partial charge in [0.1, 0.15) is 5.75 Å². The van der Waals surface area contributed by atoms with Crippen LogP contribution < -0.4 is 0 Å². The van der Waals surface area contributed by atoms with E-state index in [1.54, 1.807) is 18.3 Å². The van der Waals surface area contributed by atoms with E-state index in [9.17, 15) is 5.11 Å². The van der Waals surface area contributed by atoms with E-state index >= 15 is 0 Å². The van der Waals surface area contributed by atoms with Crippen molar-refractivity contribution in [1.82, 2.24) is 0 Å². The zero-order valence-electron chi connectivity index (χ0n) is 11.0. The molecule has 0 fully saturated rings. The number of aromatic hydroxyl groups is 1. The number of phenolic OH excluding ortho intramolecular Hbond substituents is 1. The number of phenols is 1. The predicted molar refractivity (Wildman–Crippen MR) is 77.0 cm³/mol. The molecule has 2 nitrogen and oxygen atoms in total. The largest absolute Gasteiger partial charge is 0.507 e. The van der Waals surface area contributed by atoms with Gasteiger partial charge in [0.05, 0.1) is 5.69 Å². The van der Waals surface area contributed by atoms with Crippen molar-refractivity contribution in [1.29, 1.82) is 0 Å². The summed E-state index contributed by atoms with van der Waals surface area (Å²) >= 11 is 0. The van der Waals surface area contributed by atoms with Crippen LogP contribution in [0.15, 0.2) is 47.5 Å². The van der Waals surface area contributed by atoms with E-state index in [2.05, 4.69) is 18.0 Å². The molecule has 2 rings (SSSR count). The Morgan fingerprint density at radius 3 is 2.44 bits per heavy atom. The number of hydrogen-bond acceptors (Lipinski definition) is 2. The normalized spacial score (nSPS) is 10.3. The molecule has 0 atom stereocenters. The fourth-order valence-electron chi connectivity index (χ4n) is 1.69. The first-order valence-corrected chi connectivity index (χ1v) is 5.56. The van der Waals surface area contributed by atoms with E-state index in [0.717, 1.165) is 16.8 Å². The minimum atomic E-state index is 0. The van der Waals surface area contributed by atoms with Gasteiger partial charge >= 0.3 is 0 Å². The van der Waals surface area contributed by atoms with Crippen molar-refractivity contribution in [2.75, 3.05) is 0 Å². The molecule has 0 heterocycles. The van der Waals surface area contributed by atoms with Crippen LogP contribution in [0.5, 0.6) is 5.75 Å². The van der Waals surface area contributed by atoms with E-state index < -0.39 is 0 Å². The van der Waals surface area contributed by atoms with Crippen molar-refractivity contribution in [3.63, 3.8) is 0 Å². The summed E-state index contributed by atoms with van der Waals surface area (Å²) in [5.41, 5.74) is 4.02. The first kappa shape index (κ1) is 14.6. The minimum Gasteiger partial charge on any atom is -0.507 e. The number of hydrogen-bond donors (Lipinski definition) is 1. The molecule has 18 heavy (non-hydrogen) atoms.